The van der Waals surface area contributed by atoms with Crippen LogP contribution in [0.25, 0.3) is 0 Å². The average Bonchev–Trinajstić information content (AvgIpc) is 2.02. The Hall–Kier alpha value is -0.0800. The Morgan fingerprint density at radius 2 is 1.92 bits per heavy atom. The summed E-state index contributed by atoms with van der Waals surface area (Å²) in [6, 6.07) is 0. The normalized spacial score (nSPS) is 14.5. The summed E-state index contributed by atoms with van der Waals surface area (Å²) in [5, 5.41) is 3.45. The number of nitrogens with one attached hydrogen (secondary N) is 1. The molecule has 0 saturated carbocycles. The van der Waals surface area contributed by atoms with Gasteiger partial charge in [0.25, 0.3) is 0 Å². The van der Waals surface area contributed by atoms with E-state index in [-0.39, 0.29) is 0 Å². The van der Waals surface area contributed by atoms with Crippen LogP contribution in [0.5, 0.6) is 0 Å². The third-order valence-electron chi connectivity index (χ3n) is 2.63. The largest absolute Gasteiger partial charge is 0.385 e. The predicted octanol–water partition coefficient (Wildman–Crippen LogP) is 2.29. The summed E-state index contributed by atoms with van der Waals surface area (Å²) in [4.78, 5) is 0. The second-order valence-electron chi connectivity index (χ2n) is 4.82. The van der Waals surface area contributed by atoms with E-state index in [9.17, 15) is 0 Å². The van der Waals surface area contributed by atoms with E-state index >= 15 is 0 Å². The lowest BCUT2D eigenvalue weighted by molar-refractivity contribution is 0.191. The van der Waals surface area contributed by atoms with E-state index in [2.05, 4.69) is 33.0 Å². The first-order chi connectivity index (χ1) is 5.98. The van der Waals surface area contributed by atoms with Gasteiger partial charge in [0.2, 0.25) is 0 Å². The molecule has 0 aliphatic heterocycles. The van der Waals surface area contributed by atoms with Crippen molar-refractivity contribution in [1.82, 2.24) is 5.32 Å². The fraction of sp³-hybridized carbons (Fsp3) is 1.00. The van der Waals surface area contributed by atoms with E-state index in [0.29, 0.717) is 5.41 Å². The lowest BCUT2D eigenvalue weighted by atomic mass is 9.82. The molecule has 0 aromatic heterocycles. The Balaban J connectivity index is 3.32. The van der Waals surface area contributed by atoms with Crippen LogP contribution in [0.3, 0.4) is 0 Å². The zero-order valence-electron chi connectivity index (χ0n) is 9.81. The summed E-state index contributed by atoms with van der Waals surface area (Å²) in [7, 11) is 1.75. The van der Waals surface area contributed by atoms with Crippen molar-refractivity contribution in [2.24, 2.45) is 11.3 Å². The van der Waals surface area contributed by atoms with E-state index < -0.39 is 0 Å². The maximum Gasteiger partial charge on any atom is 0.0474 e. The smallest absolute Gasteiger partial charge is 0.0474 e. The molecule has 2 heteroatoms. The van der Waals surface area contributed by atoms with Gasteiger partial charge in [0.1, 0.15) is 0 Å². The summed E-state index contributed by atoms with van der Waals surface area (Å²) in [5.74, 6) is 0.718. The Morgan fingerprint density at radius 1 is 1.31 bits per heavy atom. The Morgan fingerprint density at radius 3 is 2.38 bits per heavy atom. The minimum absolute atomic E-state index is 0.411. The van der Waals surface area contributed by atoms with Gasteiger partial charge < -0.3 is 10.1 Å². The number of rotatable bonds is 6. The van der Waals surface area contributed by atoms with Crippen molar-refractivity contribution in [1.29, 1.82) is 0 Å². The Labute approximate surface area is 83.1 Å². The Bertz CT molecular complexity index is 118. The van der Waals surface area contributed by atoms with Gasteiger partial charge in [-0.1, -0.05) is 27.7 Å². The van der Waals surface area contributed by atoms with Gasteiger partial charge in [-0.25, -0.2) is 0 Å². The van der Waals surface area contributed by atoms with Gasteiger partial charge in [-0.05, 0) is 30.8 Å². The first-order valence-electron chi connectivity index (χ1n) is 5.18. The molecular weight excluding hydrogens is 162 g/mol. The standard InChI is InChI=1S/C11H25NO/c1-10(11(2,3)4)9-12-7-6-8-13-5/h10,12H,6-9H2,1-5H3. The third kappa shape index (κ3) is 7.03. The van der Waals surface area contributed by atoms with Crippen molar-refractivity contribution in [2.75, 3.05) is 26.8 Å². The zero-order chi connectivity index (χ0) is 10.3. The molecule has 0 heterocycles. The molecule has 1 atom stereocenters. The molecule has 13 heavy (non-hydrogen) atoms. The van der Waals surface area contributed by atoms with Crippen molar-refractivity contribution < 1.29 is 4.74 Å². The first kappa shape index (κ1) is 12.9. The maximum atomic E-state index is 4.98. The van der Waals surface area contributed by atoms with Gasteiger partial charge in [-0.15, -0.1) is 0 Å². The molecular formula is C11H25NO. The minimum Gasteiger partial charge on any atom is -0.385 e. The van der Waals surface area contributed by atoms with Crippen molar-refractivity contribution in [3.8, 4) is 0 Å². The topological polar surface area (TPSA) is 21.3 Å². The highest BCUT2D eigenvalue weighted by molar-refractivity contribution is 4.71. The van der Waals surface area contributed by atoms with Gasteiger partial charge in [0.15, 0.2) is 0 Å². The molecule has 0 aliphatic carbocycles. The zero-order valence-corrected chi connectivity index (χ0v) is 9.81. The maximum absolute atomic E-state index is 4.98. The van der Waals surface area contributed by atoms with Crippen LogP contribution in [-0.4, -0.2) is 26.8 Å². The minimum atomic E-state index is 0.411. The van der Waals surface area contributed by atoms with Crippen molar-refractivity contribution in [3.05, 3.63) is 0 Å². The van der Waals surface area contributed by atoms with Crippen LogP contribution in [0, 0.1) is 11.3 Å². The summed E-state index contributed by atoms with van der Waals surface area (Å²) in [5.41, 5.74) is 0.411. The molecule has 80 valence electrons. The monoisotopic (exact) mass is 187 g/mol. The highest BCUT2D eigenvalue weighted by Gasteiger charge is 2.18. The van der Waals surface area contributed by atoms with Crippen molar-refractivity contribution >= 4 is 0 Å². The van der Waals surface area contributed by atoms with E-state index in [1.54, 1.807) is 7.11 Å². The lowest BCUT2D eigenvalue weighted by Crippen LogP contribution is -2.30. The second kappa shape index (κ2) is 6.39. The highest BCUT2D eigenvalue weighted by Crippen LogP contribution is 2.24. The Kier molecular flexibility index (Phi) is 6.35. The number of hydrogen-bond acceptors (Lipinski definition) is 2. The first-order valence-corrected chi connectivity index (χ1v) is 5.18. The number of methoxy groups -OCH3 is 1. The van der Waals surface area contributed by atoms with Crippen LogP contribution < -0.4 is 5.32 Å². The van der Waals surface area contributed by atoms with E-state index in [0.717, 1.165) is 32.0 Å². The van der Waals surface area contributed by atoms with Crippen LogP contribution in [0.2, 0.25) is 0 Å². The third-order valence-corrected chi connectivity index (χ3v) is 2.63. The summed E-state index contributed by atoms with van der Waals surface area (Å²) in [6.45, 7) is 12.2. The van der Waals surface area contributed by atoms with Crippen molar-refractivity contribution in [3.63, 3.8) is 0 Å². The molecule has 0 saturated heterocycles. The molecule has 0 aliphatic rings. The molecule has 0 radical (unpaired) electrons. The van der Waals surface area contributed by atoms with E-state index in [1.807, 2.05) is 0 Å². The fourth-order valence-corrected chi connectivity index (χ4v) is 0.966. The molecule has 1 N–H and O–H groups in total. The molecule has 2 nitrogen and oxygen atoms in total. The highest BCUT2D eigenvalue weighted by atomic mass is 16.5. The van der Waals surface area contributed by atoms with E-state index in [4.69, 9.17) is 4.74 Å². The van der Waals surface area contributed by atoms with Crippen LogP contribution in [0.1, 0.15) is 34.1 Å². The molecule has 0 spiro atoms. The quantitative estimate of drug-likeness (QED) is 0.644. The van der Waals surface area contributed by atoms with Gasteiger partial charge in [-0.3, -0.25) is 0 Å². The molecule has 0 amide bonds. The van der Waals surface area contributed by atoms with Gasteiger partial charge in [0, 0.05) is 13.7 Å². The van der Waals surface area contributed by atoms with Gasteiger partial charge in [-0.2, -0.15) is 0 Å². The second-order valence-corrected chi connectivity index (χ2v) is 4.82. The fourth-order valence-electron chi connectivity index (χ4n) is 0.966. The molecule has 0 aromatic rings. The van der Waals surface area contributed by atoms with Crippen LogP contribution >= 0.6 is 0 Å². The average molecular weight is 187 g/mol. The number of hydrogen-bond donors (Lipinski definition) is 1. The van der Waals surface area contributed by atoms with Gasteiger partial charge in [0.05, 0.1) is 0 Å². The summed E-state index contributed by atoms with van der Waals surface area (Å²) >= 11 is 0. The molecule has 0 fully saturated rings. The molecule has 0 bridgehead atoms. The van der Waals surface area contributed by atoms with E-state index in [1.165, 1.54) is 0 Å². The molecule has 1 unspecified atom stereocenters. The summed E-state index contributed by atoms with van der Waals surface area (Å²) in [6.07, 6.45) is 1.10. The van der Waals surface area contributed by atoms with Crippen LogP contribution in [-0.2, 0) is 4.74 Å². The SMILES string of the molecule is COCCCNCC(C)C(C)(C)C. The van der Waals surface area contributed by atoms with Gasteiger partial charge >= 0.3 is 0 Å². The molecule has 0 aromatic carbocycles. The van der Waals surface area contributed by atoms with Crippen LogP contribution in [0.15, 0.2) is 0 Å². The molecule has 0 rings (SSSR count). The lowest BCUT2D eigenvalue weighted by Gasteiger charge is -2.27. The predicted molar refractivity (Wildman–Crippen MR) is 58.0 cm³/mol. The van der Waals surface area contributed by atoms with Crippen LogP contribution in [0.4, 0.5) is 0 Å². The number of ether oxygens (including phenoxy) is 1. The summed E-state index contributed by atoms with van der Waals surface area (Å²) < 4.78 is 4.98. The van der Waals surface area contributed by atoms with Crippen molar-refractivity contribution in [2.45, 2.75) is 34.1 Å².